The molecule has 1 unspecified atom stereocenters. The van der Waals surface area contributed by atoms with Crippen LogP contribution in [0, 0.1) is 0 Å². The Morgan fingerprint density at radius 1 is 1.41 bits per heavy atom. The Balaban J connectivity index is 2.20. The van der Waals surface area contributed by atoms with Crippen molar-refractivity contribution >= 4 is 22.9 Å². The molecule has 0 fully saturated rings. The molecule has 2 rings (SSSR count). The van der Waals surface area contributed by atoms with E-state index in [0.717, 1.165) is 16.1 Å². The maximum absolute atomic E-state index is 10.3. The number of aliphatic hydroxyl groups is 1. The van der Waals surface area contributed by atoms with Gasteiger partial charge in [-0.3, -0.25) is 0 Å². The fraction of sp³-hybridized carbons (Fsp3) is 0.500. The summed E-state index contributed by atoms with van der Waals surface area (Å²) in [5.41, 5.74) is 2.00. The normalized spacial score (nSPS) is 13.9. The number of thiophene rings is 1. The second kappa shape index (κ2) is 4.84. The third-order valence-corrected chi connectivity index (χ3v) is 4.09. The molecule has 0 spiro atoms. The molecular formula is C12H16N2OS2. The van der Waals surface area contributed by atoms with Gasteiger partial charge in [-0.1, -0.05) is 25.3 Å². The fourth-order valence-corrected chi connectivity index (χ4v) is 3.19. The van der Waals surface area contributed by atoms with E-state index in [9.17, 15) is 5.11 Å². The van der Waals surface area contributed by atoms with Crippen molar-refractivity contribution in [3.05, 3.63) is 33.0 Å². The van der Waals surface area contributed by atoms with Gasteiger partial charge in [0.2, 0.25) is 0 Å². The Morgan fingerprint density at radius 2 is 2.18 bits per heavy atom. The van der Waals surface area contributed by atoms with Crippen molar-refractivity contribution in [1.82, 2.24) is 9.59 Å². The third-order valence-electron chi connectivity index (χ3n) is 2.54. The largest absolute Gasteiger partial charge is 0.387 e. The number of rotatable bonds is 3. The van der Waals surface area contributed by atoms with Crippen LogP contribution in [-0.2, 0) is 11.8 Å². The highest BCUT2D eigenvalue weighted by molar-refractivity contribution is 7.08. The van der Waals surface area contributed by atoms with Crippen LogP contribution in [-0.4, -0.2) is 14.7 Å². The van der Waals surface area contributed by atoms with Crippen molar-refractivity contribution in [2.45, 2.75) is 38.7 Å². The summed E-state index contributed by atoms with van der Waals surface area (Å²) in [6.07, 6.45) is 0.134. The second-order valence-corrected chi connectivity index (χ2v) is 6.65. The van der Waals surface area contributed by atoms with Gasteiger partial charge in [-0.2, -0.15) is 11.3 Å². The Morgan fingerprint density at radius 3 is 2.76 bits per heavy atom. The zero-order valence-corrected chi connectivity index (χ0v) is 11.8. The summed E-state index contributed by atoms with van der Waals surface area (Å²) in [5.74, 6) is 0. The molecule has 0 aromatic carbocycles. The average Bonchev–Trinajstić information content (AvgIpc) is 2.85. The summed E-state index contributed by atoms with van der Waals surface area (Å²) >= 11 is 2.95. The summed E-state index contributed by atoms with van der Waals surface area (Å²) in [7, 11) is 0. The highest BCUT2D eigenvalue weighted by atomic mass is 32.1. The first kappa shape index (κ1) is 12.7. The molecule has 0 bridgehead atoms. The quantitative estimate of drug-likeness (QED) is 0.930. The van der Waals surface area contributed by atoms with Crippen LogP contribution in [0.3, 0.4) is 0 Å². The number of nitrogens with zero attached hydrogens (tertiary/aromatic N) is 2. The molecule has 0 saturated heterocycles. The SMILES string of the molecule is CC(C)(C)c1nnsc1C(O)Cc1ccsc1. The zero-order chi connectivity index (χ0) is 12.5. The molecule has 1 atom stereocenters. The van der Waals surface area contributed by atoms with Crippen LogP contribution >= 0.6 is 22.9 Å². The molecule has 92 valence electrons. The second-order valence-electron chi connectivity index (χ2n) is 5.09. The maximum Gasteiger partial charge on any atom is 0.0957 e. The highest BCUT2D eigenvalue weighted by Gasteiger charge is 2.26. The van der Waals surface area contributed by atoms with Gasteiger partial charge in [0.05, 0.1) is 16.7 Å². The van der Waals surface area contributed by atoms with Gasteiger partial charge in [-0.25, -0.2) is 0 Å². The lowest BCUT2D eigenvalue weighted by Gasteiger charge is -2.18. The van der Waals surface area contributed by atoms with Crippen LogP contribution in [0.4, 0.5) is 0 Å². The Kier molecular flexibility index (Phi) is 3.61. The van der Waals surface area contributed by atoms with Gasteiger partial charge in [0.1, 0.15) is 0 Å². The first-order valence-corrected chi connectivity index (χ1v) is 7.22. The van der Waals surface area contributed by atoms with Crippen LogP contribution in [0.2, 0.25) is 0 Å². The number of hydrogen-bond donors (Lipinski definition) is 1. The summed E-state index contributed by atoms with van der Waals surface area (Å²) in [5, 5.41) is 18.5. The van der Waals surface area contributed by atoms with Gasteiger partial charge in [0.25, 0.3) is 0 Å². The van der Waals surface area contributed by atoms with Gasteiger partial charge >= 0.3 is 0 Å². The molecule has 0 radical (unpaired) electrons. The van der Waals surface area contributed by atoms with Gasteiger partial charge < -0.3 is 5.11 Å². The van der Waals surface area contributed by atoms with E-state index >= 15 is 0 Å². The smallest absolute Gasteiger partial charge is 0.0957 e. The predicted molar refractivity (Wildman–Crippen MR) is 71.6 cm³/mol. The topological polar surface area (TPSA) is 46.0 Å². The molecule has 17 heavy (non-hydrogen) atoms. The fourth-order valence-electron chi connectivity index (χ4n) is 1.66. The molecular weight excluding hydrogens is 252 g/mol. The van der Waals surface area contributed by atoms with Crippen molar-refractivity contribution in [2.75, 3.05) is 0 Å². The van der Waals surface area contributed by atoms with Gasteiger partial charge in [-0.05, 0) is 33.9 Å². The van der Waals surface area contributed by atoms with E-state index < -0.39 is 6.10 Å². The van der Waals surface area contributed by atoms with Gasteiger partial charge in [0.15, 0.2) is 0 Å². The molecule has 2 aromatic heterocycles. The predicted octanol–water partition coefficient (Wildman–Crippen LogP) is 3.17. The van der Waals surface area contributed by atoms with E-state index in [-0.39, 0.29) is 5.41 Å². The minimum atomic E-state index is -0.501. The maximum atomic E-state index is 10.3. The molecule has 0 amide bonds. The minimum absolute atomic E-state index is 0.0715. The molecule has 0 saturated carbocycles. The number of hydrogen-bond acceptors (Lipinski definition) is 5. The van der Waals surface area contributed by atoms with Crippen molar-refractivity contribution in [2.24, 2.45) is 0 Å². The Hall–Kier alpha value is -0.780. The molecule has 5 heteroatoms. The summed E-state index contributed by atoms with van der Waals surface area (Å²) in [4.78, 5) is 0.892. The lowest BCUT2D eigenvalue weighted by molar-refractivity contribution is 0.179. The molecule has 3 nitrogen and oxygen atoms in total. The lowest BCUT2D eigenvalue weighted by atomic mass is 9.90. The first-order chi connectivity index (χ1) is 7.98. The summed E-state index contributed by atoms with van der Waals surface area (Å²) in [6.45, 7) is 6.26. The average molecular weight is 268 g/mol. The van der Waals surface area contributed by atoms with Crippen molar-refractivity contribution in [1.29, 1.82) is 0 Å². The zero-order valence-electron chi connectivity index (χ0n) is 10.2. The van der Waals surface area contributed by atoms with Crippen LogP contribution < -0.4 is 0 Å². The van der Waals surface area contributed by atoms with Crippen LogP contribution in [0.15, 0.2) is 16.8 Å². The molecule has 0 aliphatic carbocycles. The first-order valence-electron chi connectivity index (χ1n) is 5.50. The third kappa shape index (κ3) is 2.91. The molecule has 0 aliphatic heterocycles. The van der Waals surface area contributed by atoms with E-state index in [1.165, 1.54) is 11.5 Å². The van der Waals surface area contributed by atoms with E-state index in [1.807, 2.05) is 11.4 Å². The number of aliphatic hydroxyl groups excluding tert-OH is 1. The molecule has 1 N–H and O–H groups in total. The van der Waals surface area contributed by atoms with Crippen LogP contribution in [0.25, 0.3) is 0 Å². The minimum Gasteiger partial charge on any atom is -0.387 e. The molecule has 2 heterocycles. The van der Waals surface area contributed by atoms with E-state index in [2.05, 4.69) is 35.7 Å². The molecule has 2 aromatic rings. The lowest BCUT2D eigenvalue weighted by Crippen LogP contribution is -2.16. The van der Waals surface area contributed by atoms with E-state index in [4.69, 9.17) is 0 Å². The Labute approximate surface area is 109 Å². The molecule has 0 aliphatic rings. The summed E-state index contributed by atoms with van der Waals surface area (Å²) < 4.78 is 3.97. The van der Waals surface area contributed by atoms with Gasteiger partial charge in [0, 0.05) is 11.8 Å². The summed E-state index contributed by atoms with van der Waals surface area (Å²) in [6, 6.07) is 2.04. The monoisotopic (exact) mass is 268 g/mol. The van der Waals surface area contributed by atoms with E-state index in [1.54, 1.807) is 11.3 Å². The van der Waals surface area contributed by atoms with Crippen molar-refractivity contribution < 1.29 is 5.11 Å². The number of aromatic nitrogens is 2. The van der Waals surface area contributed by atoms with Gasteiger partial charge in [-0.15, -0.1) is 5.10 Å². The standard InChI is InChI=1S/C12H16N2OS2/c1-12(2,3)11-10(17-14-13-11)9(15)6-8-4-5-16-7-8/h4-5,7,9,15H,6H2,1-3H3. The van der Waals surface area contributed by atoms with Crippen molar-refractivity contribution in [3.63, 3.8) is 0 Å². The van der Waals surface area contributed by atoms with E-state index in [0.29, 0.717) is 6.42 Å². The van der Waals surface area contributed by atoms with Crippen molar-refractivity contribution in [3.8, 4) is 0 Å². The van der Waals surface area contributed by atoms with Crippen LogP contribution in [0.1, 0.15) is 43.0 Å². The van der Waals surface area contributed by atoms with Crippen LogP contribution in [0.5, 0.6) is 0 Å². The highest BCUT2D eigenvalue weighted by Crippen LogP contribution is 2.32. The Bertz CT molecular complexity index is 471.